The van der Waals surface area contributed by atoms with Crippen molar-refractivity contribution in [3.05, 3.63) is 95.2 Å². The lowest BCUT2D eigenvalue weighted by atomic mass is 10.0. The first-order valence-electron chi connectivity index (χ1n) is 12.2. The number of unbranched alkanes of at least 4 members (excludes halogenated alkanes) is 1. The molecule has 0 unspecified atom stereocenters. The van der Waals surface area contributed by atoms with Crippen LogP contribution in [0.25, 0.3) is 5.57 Å². The molecule has 0 atom stereocenters. The van der Waals surface area contributed by atoms with Crippen LogP contribution in [0.2, 0.25) is 0 Å². The van der Waals surface area contributed by atoms with Crippen LogP contribution in [0.1, 0.15) is 50.3 Å². The summed E-state index contributed by atoms with van der Waals surface area (Å²) in [6.45, 7) is 8.09. The van der Waals surface area contributed by atoms with E-state index in [0.717, 1.165) is 30.6 Å². The standard InChI is InChI=1S/C30H32N2O3/c1-5-6-7-22-10-16-25(17-11-22)32-29(33)27(23-12-8-21(4)9-13-23)28(30(32)34)31-24-14-18-26(19-15-24)35-20(2)3/h8-20,31H,5-7H2,1-4H3. The Kier molecular flexibility index (Phi) is 7.35. The van der Waals surface area contributed by atoms with Crippen molar-refractivity contribution < 1.29 is 14.3 Å². The van der Waals surface area contributed by atoms with E-state index in [2.05, 4.69) is 12.2 Å². The molecule has 0 saturated carbocycles. The summed E-state index contributed by atoms with van der Waals surface area (Å²) in [7, 11) is 0. The van der Waals surface area contributed by atoms with Crippen molar-refractivity contribution in [3.63, 3.8) is 0 Å². The molecule has 0 aliphatic carbocycles. The highest BCUT2D eigenvalue weighted by Crippen LogP contribution is 2.34. The molecule has 3 aromatic carbocycles. The average Bonchev–Trinajstić information content (AvgIpc) is 3.08. The Bertz CT molecular complexity index is 1220. The number of nitrogens with one attached hydrogen (secondary N) is 1. The minimum atomic E-state index is -0.366. The molecular weight excluding hydrogens is 436 g/mol. The van der Waals surface area contributed by atoms with Gasteiger partial charge in [0, 0.05) is 5.69 Å². The Hall–Kier alpha value is -3.86. The summed E-state index contributed by atoms with van der Waals surface area (Å²) in [5, 5.41) is 3.22. The van der Waals surface area contributed by atoms with E-state index in [4.69, 9.17) is 4.74 Å². The summed E-state index contributed by atoms with van der Waals surface area (Å²) >= 11 is 0. The van der Waals surface area contributed by atoms with Gasteiger partial charge in [-0.15, -0.1) is 0 Å². The van der Waals surface area contributed by atoms with Gasteiger partial charge in [0.05, 0.1) is 17.4 Å². The van der Waals surface area contributed by atoms with Crippen molar-refractivity contribution >= 4 is 28.8 Å². The normalized spacial score (nSPS) is 13.7. The summed E-state index contributed by atoms with van der Waals surface area (Å²) in [6, 6.07) is 22.8. The molecule has 1 aliphatic heterocycles. The van der Waals surface area contributed by atoms with Gasteiger partial charge in [-0.2, -0.15) is 0 Å². The molecule has 0 spiro atoms. The Labute approximate surface area is 207 Å². The van der Waals surface area contributed by atoms with Crippen LogP contribution in [0.15, 0.2) is 78.5 Å². The van der Waals surface area contributed by atoms with E-state index in [-0.39, 0.29) is 23.6 Å². The first-order chi connectivity index (χ1) is 16.9. The molecule has 4 rings (SSSR count). The summed E-state index contributed by atoms with van der Waals surface area (Å²) < 4.78 is 5.72. The smallest absolute Gasteiger partial charge is 0.282 e. The van der Waals surface area contributed by atoms with Gasteiger partial charge in [0.2, 0.25) is 0 Å². The number of benzene rings is 3. The lowest BCUT2D eigenvalue weighted by Gasteiger charge is -2.16. The number of ether oxygens (including phenoxy) is 1. The van der Waals surface area contributed by atoms with Gasteiger partial charge in [-0.25, -0.2) is 4.90 Å². The highest BCUT2D eigenvalue weighted by Gasteiger charge is 2.40. The van der Waals surface area contributed by atoms with Gasteiger partial charge < -0.3 is 10.1 Å². The second-order valence-electron chi connectivity index (χ2n) is 9.15. The lowest BCUT2D eigenvalue weighted by Crippen LogP contribution is -2.32. The lowest BCUT2D eigenvalue weighted by molar-refractivity contribution is -0.120. The molecule has 0 bridgehead atoms. The molecule has 0 radical (unpaired) electrons. The number of carbonyl (C=O) groups excluding carboxylic acids is 2. The number of amides is 2. The number of nitrogens with zero attached hydrogens (tertiary/aromatic N) is 1. The zero-order chi connectivity index (χ0) is 24.9. The van der Waals surface area contributed by atoms with Crippen molar-refractivity contribution in [2.24, 2.45) is 0 Å². The monoisotopic (exact) mass is 468 g/mol. The van der Waals surface area contributed by atoms with Crippen LogP contribution in [0.5, 0.6) is 5.75 Å². The molecule has 5 heteroatoms. The maximum Gasteiger partial charge on any atom is 0.282 e. The summed E-state index contributed by atoms with van der Waals surface area (Å²) in [4.78, 5) is 28.5. The van der Waals surface area contributed by atoms with Crippen molar-refractivity contribution in [2.45, 2.75) is 53.1 Å². The third kappa shape index (κ3) is 5.46. The molecule has 180 valence electrons. The van der Waals surface area contributed by atoms with Crippen LogP contribution in [-0.2, 0) is 16.0 Å². The zero-order valence-electron chi connectivity index (χ0n) is 20.8. The van der Waals surface area contributed by atoms with E-state index in [9.17, 15) is 9.59 Å². The number of hydrogen-bond donors (Lipinski definition) is 1. The molecule has 0 fully saturated rings. The largest absolute Gasteiger partial charge is 0.491 e. The number of rotatable bonds is 9. The minimum Gasteiger partial charge on any atom is -0.491 e. The predicted octanol–water partition coefficient (Wildman–Crippen LogP) is 6.52. The van der Waals surface area contributed by atoms with Gasteiger partial charge in [-0.3, -0.25) is 9.59 Å². The zero-order valence-corrected chi connectivity index (χ0v) is 20.8. The Balaban J connectivity index is 1.68. The number of hydrogen-bond acceptors (Lipinski definition) is 4. The molecule has 1 aliphatic rings. The molecule has 3 aromatic rings. The van der Waals surface area contributed by atoms with Gasteiger partial charge in [0.25, 0.3) is 11.8 Å². The van der Waals surface area contributed by atoms with Gasteiger partial charge in [-0.1, -0.05) is 55.3 Å². The van der Waals surface area contributed by atoms with E-state index < -0.39 is 0 Å². The predicted molar refractivity (Wildman–Crippen MR) is 141 cm³/mol. The quantitative estimate of drug-likeness (QED) is 0.363. The Morgan fingerprint density at radius 3 is 2.11 bits per heavy atom. The Morgan fingerprint density at radius 1 is 0.857 bits per heavy atom. The average molecular weight is 469 g/mol. The fraction of sp³-hybridized carbons (Fsp3) is 0.267. The van der Waals surface area contributed by atoms with Crippen molar-refractivity contribution in [1.82, 2.24) is 0 Å². The number of imide groups is 1. The molecule has 5 nitrogen and oxygen atoms in total. The fourth-order valence-corrected chi connectivity index (χ4v) is 4.09. The Morgan fingerprint density at radius 2 is 1.51 bits per heavy atom. The molecular formula is C30H32N2O3. The third-order valence-electron chi connectivity index (χ3n) is 5.93. The van der Waals surface area contributed by atoms with Crippen LogP contribution < -0.4 is 15.0 Å². The van der Waals surface area contributed by atoms with Crippen LogP contribution in [0.3, 0.4) is 0 Å². The minimum absolute atomic E-state index is 0.0700. The second kappa shape index (κ2) is 10.6. The summed E-state index contributed by atoms with van der Waals surface area (Å²) in [5.74, 6) is 0.0497. The second-order valence-corrected chi connectivity index (χ2v) is 9.15. The van der Waals surface area contributed by atoms with Crippen LogP contribution >= 0.6 is 0 Å². The molecule has 2 amide bonds. The maximum atomic E-state index is 13.6. The highest BCUT2D eigenvalue weighted by atomic mass is 16.5. The molecule has 0 aromatic heterocycles. The van der Waals surface area contributed by atoms with Crippen molar-refractivity contribution in [1.29, 1.82) is 0 Å². The number of carbonyl (C=O) groups is 2. The number of aryl methyl sites for hydroxylation is 2. The van der Waals surface area contributed by atoms with E-state index in [1.807, 2.05) is 93.6 Å². The first-order valence-corrected chi connectivity index (χ1v) is 12.2. The topological polar surface area (TPSA) is 58.6 Å². The van der Waals surface area contributed by atoms with Crippen molar-refractivity contribution in [3.8, 4) is 5.75 Å². The summed E-state index contributed by atoms with van der Waals surface area (Å²) in [6.07, 6.45) is 3.28. The number of anilines is 2. The van der Waals surface area contributed by atoms with E-state index in [1.165, 1.54) is 10.5 Å². The van der Waals surface area contributed by atoms with E-state index >= 15 is 0 Å². The van der Waals surface area contributed by atoms with Crippen LogP contribution in [0.4, 0.5) is 11.4 Å². The van der Waals surface area contributed by atoms with Crippen LogP contribution in [0, 0.1) is 6.92 Å². The van der Waals surface area contributed by atoms with Gasteiger partial charge >= 0.3 is 0 Å². The SMILES string of the molecule is CCCCc1ccc(N2C(=O)C(Nc3ccc(OC(C)C)cc3)=C(c3ccc(C)cc3)C2=O)cc1. The fourth-order valence-electron chi connectivity index (χ4n) is 4.09. The third-order valence-corrected chi connectivity index (χ3v) is 5.93. The van der Waals surface area contributed by atoms with Gasteiger partial charge in [-0.05, 0) is 81.1 Å². The molecule has 0 saturated heterocycles. The van der Waals surface area contributed by atoms with E-state index in [1.54, 1.807) is 0 Å². The van der Waals surface area contributed by atoms with Gasteiger partial charge in [0.1, 0.15) is 11.4 Å². The molecule has 35 heavy (non-hydrogen) atoms. The maximum absolute atomic E-state index is 13.6. The summed E-state index contributed by atoms with van der Waals surface area (Å²) in [5.41, 5.74) is 4.91. The van der Waals surface area contributed by atoms with E-state index in [0.29, 0.717) is 22.5 Å². The molecule has 1 heterocycles. The molecule has 1 N–H and O–H groups in total. The van der Waals surface area contributed by atoms with Gasteiger partial charge in [0.15, 0.2) is 0 Å². The highest BCUT2D eigenvalue weighted by molar-refractivity contribution is 6.46. The van der Waals surface area contributed by atoms with Crippen molar-refractivity contribution in [2.75, 3.05) is 10.2 Å². The van der Waals surface area contributed by atoms with Crippen LogP contribution in [-0.4, -0.2) is 17.9 Å². The first kappa shape index (κ1) is 24.3.